The molecule has 0 radical (unpaired) electrons. The minimum absolute atomic E-state index is 0.0317. The summed E-state index contributed by atoms with van der Waals surface area (Å²) < 4.78 is 11.2. The van der Waals surface area contributed by atoms with Gasteiger partial charge in [0, 0.05) is 5.56 Å². The molecule has 0 saturated carbocycles. The predicted molar refractivity (Wildman–Crippen MR) is 125 cm³/mol. The summed E-state index contributed by atoms with van der Waals surface area (Å²) in [7, 11) is 0. The quantitative estimate of drug-likeness (QED) is 0.459. The molecule has 0 aliphatic carbocycles. The summed E-state index contributed by atoms with van der Waals surface area (Å²) in [5.41, 5.74) is 4.95. The maximum Gasteiger partial charge on any atom is 0.279 e. The molecule has 0 aliphatic heterocycles. The summed E-state index contributed by atoms with van der Waals surface area (Å²) >= 11 is 0. The molecule has 3 aromatic rings. The molecule has 33 heavy (non-hydrogen) atoms. The van der Waals surface area contributed by atoms with Gasteiger partial charge < -0.3 is 14.8 Å². The highest BCUT2D eigenvalue weighted by atomic mass is 16.5. The third-order valence-electron chi connectivity index (χ3n) is 4.63. The Balaban J connectivity index is 1.41. The van der Waals surface area contributed by atoms with E-state index in [4.69, 9.17) is 9.47 Å². The van der Waals surface area contributed by atoms with Crippen LogP contribution in [0.15, 0.2) is 66.7 Å². The van der Waals surface area contributed by atoms with Crippen molar-refractivity contribution in [3.8, 4) is 11.5 Å². The first-order chi connectivity index (χ1) is 15.8. The Labute approximate surface area is 192 Å². The normalized spacial score (nSPS) is 11.5. The van der Waals surface area contributed by atoms with E-state index in [-0.39, 0.29) is 12.6 Å². The van der Waals surface area contributed by atoms with Gasteiger partial charge in [-0.15, -0.1) is 0 Å². The molecular formula is C25H27N3O5. The summed E-state index contributed by atoms with van der Waals surface area (Å²) in [5, 5.41) is 4.55. The second-order valence-corrected chi connectivity index (χ2v) is 7.68. The number of hydrogen-bond acceptors (Lipinski definition) is 5. The van der Waals surface area contributed by atoms with Gasteiger partial charge in [0.15, 0.2) is 6.10 Å². The number of hydrogen-bond donors (Lipinski definition) is 3. The van der Waals surface area contributed by atoms with E-state index in [1.54, 1.807) is 37.3 Å². The van der Waals surface area contributed by atoms with Gasteiger partial charge in [0.05, 0.1) is 12.6 Å². The number of nitrogens with one attached hydrogen (secondary N) is 3. The van der Waals surface area contributed by atoms with Gasteiger partial charge in [0.25, 0.3) is 17.7 Å². The number of carbonyl (C=O) groups excluding carboxylic acids is 3. The van der Waals surface area contributed by atoms with Crippen LogP contribution in [0.1, 0.15) is 31.1 Å². The first-order valence-corrected chi connectivity index (χ1v) is 10.6. The van der Waals surface area contributed by atoms with Crippen molar-refractivity contribution in [2.24, 2.45) is 0 Å². The van der Waals surface area contributed by atoms with Gasteiger partial charge in [-0.1, -0.05) is 30.3 Å². The Morgan fingerprint density at radius 3 is 2.15 bits per heavy atom. The zero-order valence-corrected chi connectivity index (χ0v) is 18.8. The number of amides is 3. The first kappa shape index (κ1) is 23.6. The van der Waals surface area contributed by atoms with E-state index in [0.717, 1.165) is 10.8 Å². The van der Waals surface area contributed by atoms with Crippen molar-refractivity contribution in [1.29, 1.82) is 0 Å². The van der Waals surface area contributed by atoms with E-state index in [2.05, 4.69) is 16.2 Å². The smallest absolute Gasteiger partial charge is 0.279 e. The molecule has 3 N–H and O–H groups in total. The van der Waals surface area contributed by atoms with Gasteiger partial charge in [-0.2, -0.15) is 0 Å². The van der Waals surface area contributed by atoms with Crippen molar-refractivity contribution >= 4 is 28.5 Å². The van der Waals surface area contributed by atoms with Crippen LogP contribution in [0.5, 0.6) is 11.5 Å². The third-order valence-corrected chi connectivity index (χ3v) is 4.63. The number of fused-ring (bicyclic) bond motifs is 1. The summed E-state index contributed by atoms with van der Waals surface area (Å²) in [4.78, 5) is 36.4. The SMILES string of the molecule is CC(C)Oc1ccc(C(=O)NCC(=O)NNC(=O)[C@@H](C)Oc2ccc3ccccc3c2)cc1. The summed E-state index contributed by atoms with van der Waals surface area (Å²) in [5.74, 6) is -0.319. The topological polar surface area (TPSA) is 106 Å². The fourth-order valence-corrected chi connectivity index (χ4v) is 3.00. The molecule has 0 bridgehead atoms. The van der Waals surface area contributed by atoms with Gasteiger partial charge in [-0.25, -0.2) is 0 Å². The molecule has 3 rings (SSSR count). The molecule has 0 heterocycles. The van der Waals surface area contributed by atoms with Crippen molar-refractivity contribution in [1.82, 2.24) is 16.2 Å². The average Bonchev–Trinajstić information content (AvgIpc) is 2.81. The maximum absolute atomic E-state index is 12.2. The standard InChI is InChI=1S/C25H27N3O5/c1-16(2)32-21-11-9-19(10-12-21)25(31)26-15-23(29)27-28-24(30)17(3)33-22-13-8-18-6-4-5-7-20(18)14-22/h4-14,16-17H,15H2,1-3H3,(H,26,31)(H,27,29)(H,28,30)/t17-/m1/s1. The number of ether oxygens (including phenoxy) is 2. The minimum atomic E-state index is -0.840. The van der Waals surface area contributed by atoms with Crippen LogP contribution in [0.4, 0.5) is 0 Å². The zero-order valence-electron chi connectivity index (χ0n) is 18.8. The monoisotopic (exact) mass is 449 g/mol. The van der Waals surface area contributed by atoms with Crippen LogP contribution in [-0.2, 0) is 9.59 Å². The molecule has 0 fully saturated rings. The molecule has 0 saturated heterocycles. The average molecular weight is 450 g/mol. The molecule has 0 spiro atoms. The molecule has 172 valence electrons. The molecule has 0 aliphatic rings. The molecule has 0 unspecified atom stereocenters. The van der Waals surface area contributed by atoms with Crippen LogP contribution < -0.4 is 25.6 Å². The maximum atomic E-state index is 12.2. The largest absolute Gasteiger partial charge is 0.491 e. The Bertz CT molecular complexity index is 1130. The summed E-state index contributed by atoms with van der Waals surface area (Å²) in [6.45, 7) is 5.09. The molecule has 3 aromatic carbocycles. The fourth-order valence-electron chi connectivity index (χ4n) is 3.00. The van der Waals surface area contributed by atoms with Crippen molar-refractivity contribution < 1.29 is 23.9 Å². The van der Waals surface area contributed by atoms with Crippen LogP contribution in [0.25, 0.3) is 10.8 Å². The van der Waals surface area contributed by atoms with Crippen LogP contribution in [0.3, 0.4) is 0 Å². The number of benzene rings is 3. The molecule has 3 amide bonds. The Morgan fingerprint density at radius 1 is 0.788 bits per heavy atom. The molecule has 8 nitrogen and oxygen atoms in total. The number of hydrazine groups is 1. The van der Waals surface area contributed by atoms with E-state index in [9.17, 15) is 14.4 Å². The van der Waals surface area contributed by atoms with Gasteiger partial charge in [-0.05, 0) is 67.9 Å². The first-order valence-electron chi connectivity index (χ1n) is 10.6. The molecular weight excluding hydrogens is 422 g/mol. The lowest BCUT2D eigenvalue weighted by Crippen LogP contribution is -2.50. The molecule has 1 atom stereocenters. The Kier molecular flexibility index (Phi) is 7.86. The highest BCUT2D eigenvalue weighted by molar-refractivity contribution is 5.96. The van der Waals surface area contributed by atoms with Gasteiger partial charge >= 0.3 is 0 Å². The zero-order chi connectivity index (χ0) is 23.8. The fraction of sp³-hybridized carbons (Fsp3) is 0.240. The van der Waals surface area contributed by atoms with Gasteiger partial charge in [0.2, 0.25) is 0 Å². The molecule has 0 aromatic heterocycles. The minimum Gasteiger partial charge on any atom is -0.491 e. The van der Waals surface area contributed by atoms with Gasteiger partial charge in [0.1, 0.15) is 11.5 Å². The van der Waals surface area contributed by atoms with Crippen molar-refractivity contribution in [2.75, 3.05) is 6.54 Å². The number of carbonyl (C=O) groups is 3. The third kappa shape index (κ3) is 6.96. The van der Waals surface area contributed by atoms with E-state index >= 15 is 0 Å². The molecule has 8 heteroatoms. The predicted octanol–water partition coefficient (Wildman–Crippen LogP) is 2.97. The van der Waals surface area contributed by atoms with Crippen LogP contribution in [0.2, 0.25) is 0 Å². The second kappa shape index (κ2) is 11.0. The lowest BCUT2D eigenvalue weighted by atomic mass is 10.1. The van der Waals surface area contributed by atoms with E-state index < -0.39 is 23.8 Å². The Hall–Kier alpha value is -4.07. The Morgan fingerprint density at radius 2 is 1.45 bits per heavy atom. The van der Waals surface area contributed by atoms with Crippen molar-refractivity contribution in [3.63, 3.8) is 0 Å². The summed E-state index contributed by atoms with van der Waals surface area (Å²) in [6, 6.07) is 19.9. The lowest BCUT2D eigenvalue weighted by molar-refractivity contribution is -0.132. The van der Waals surface area contributed by atoms with E-state index in [1.165, 1.54) is 0 Å². The van der Waals surface area contributed by atoms with E-state index in [1.807, 2.05) is 50.2 Å². The van der Waals surface area contributed by atoms with Crippen LogP contribution in [-0.4, -0.2) is 36.5 Å². The van der Waals surface area contributed by atoms with Gasteiger partial charge in [-0.3, -0.25) is 25.2 Å². The highest BCUT2D eigenvalue weighted by Gasteiger charge is 2.16. The second-order valence-electron chi connectivity index (χ2n) is 7.68. The van der Waals surface area contributed by atoms with Crippen molar-refractivity contribution in [2.45, 2.75) is 33.0 Å². The summed E-state index contributed by atoms with van der Waals surface area (Å²) in [6.07, 6.45) is -0.808. The van der Waals surface area contributed by atoms with E-state index in [0.29, 0.717) is 17.1 Å². The number of rotatable bonds is 8. The van der Waals surface area contributed by atoms with Crippen LogP contribution in [0, 0.1) is 0 Å². The lowest BCUT2D eigenvalue weighted by Gasteiger charge is -2.15. The van der Waals surface area contributed by atoms with Crippen LogP contribution >= 0.6 is 0 Å². The highest BCUT2D eigenvalue weighted by Crippen LogP contribution is 2.21. The van der Waals surface area contributed by atoms with Crippen molar-refractivity contribution in [3.05, 3.63) is 72.3 Å².